The van der Waals surface area contributed by atoms with E-state index in [-0.39, 0.29) is 5.75 Å². The molecule has 0 radical (unpaired) electrons. The van der Waals surface area contributed by atoms with Crippen LogP contribution in [0.25, 0.3) is 0 Å². The Labute approximate surface area is 100 Å². The van der Waals surface area contributed by atoms with Crippen molar-refractivity contribution >= 4 is 11.9 Å². The summed E-state index contributed by atoms with van der Waals surface area (Å²) in [6, 6.07) is 14.4. The number of rotatable bonds is 3. The molecule has 0 unspecified atom stereocenters. The van der Waals surface area contributed by atoms with Gasteiger partial charge in [-0.25, -0.2) is 0 Å². The minimum Gasteiger partial charge on any atom is -0.508 e. The molecular formula is C14H13NO2. The van der Waals surface area contributed by atoms with Gasteiger partial charge in [0.1, 0.15) is 11.5 Å². The normalized spacial score (nSPS) is 10.6. The van der Waals surface area contributed by atoms with E-state index in [9.17, 15) is 0 Å². The largest absolute Gasteiger partial charge is 0.508 e. The first-order chi connectivity index (χ1) is 8.28. The topological polar surface area (TPSA) is 41.8 Å². The first kappa shape index (κ1) is 11.2. The van der Waals surface area contributed by atoms with Crippen molar-refractivity contribution in [2.75, 3.05) is 7.11 Å². The maximum atomic E-state index is 9.14. The molecule has 3 nitrogen and oxygen atoms in total. The van der Waals surface area contributed by atoms with Crippen LogP contribution in [-0.2, 0) is 0 Å². The van der Waals surface area contributed by atoms with Gasteiger partial charge in [0, 0.05) is 6.21 Å². The molecule has 0 saturated heterocycles. The molecule has 0 aliphatic carbocycles. The summed E-state index contributed by atoms with van der Waals surface area (Å²) in [6.45, 7) is 0. The lowest BCUT2D eigenvalue weighted by Crippen LogP contribution is -1.81. The molecule has 86 valence electrons. The Hall–Kier alpha value is -2.29. The van der Waals surface area contributed by atoms with Gasteiger partial charge in [-0.05, 0) is 54.1 Å². The molecule has 1 N–H and O–H groups in total. The standard InChI is InChI=1S/C14H13NO2/c1-17-14-8-4-12(5-9-14)15-10-11-2-6-13(16)7-3-11/h2-10,16H,1H3/b15-10+. The Balaban J connectivity index is 2.11. The average Bonchev–Trinajstić information content (AvgIpc) is 2.39. The van der Waals surface area contributed by atoms with E-state index in [4.69, 9.17) is 9.84 Å². The zero-order chi connectivity index (χ0) is 12.1. The molecule has 17 heavy (non-hydrogen) atoms. The van der Waals surface area contributed by atoms with E-state index in [1.165, 1.54) is 0 Å². The fourth-order valence-electron chi connectivity index (χ4n) is 1.38. The highest BCUT2D eigenvalue weighted by atomic mass is 16.5. The smallest absolute Gasteiger partial charge is 0.119 e. The van der Waals surface area contributed by atoms with E-state index >= 15 is 0 Å². The summed E-state index contributed by atoms with van der Waals surface area (Å²) < 4.78 is 5.07. The first-order valence-corrected chi connectivity index (χ1v) is 5.25. The summed E-state index contributed by atoms with van der Waals surface area (Å²) in [7, 11) is 1.63. The Kier molecular flexibility index (Phi) is 3.40. The summed E-state index contributed by atoms with van der Waals surface area (Å²) >= 11 is 0. The number of phenols is 1. The van der Waals surface area contributed by atoms with Crippen LogP contribution in [0.2, 0.25) is 0 Å². The number of nitrogens with zero attached hydrogens (tertiary/aromatic N) is 1. The van der Waals surface area contributed by atoms with Gasteiger partial charge in [0.05, 0.1) is 12.8 Å². The summed E-state index contributed by atoms with van der Waals surface area (Å²) in [6.07, 6.45) is 1.75. The van der Waals surface area contributed by atoms with Gasteiger partial charge in [-0.15, -0.1) is 0 Å². The molecule has 0 bridgehead atoms. The highest BCUT2D eigenvalue weighted by Crippen LogP contribution is 2.17. The van der Waals surface area contributed by atoms with Crippen LogP contribution in [-0.4, -0.2) is 18.4 Å². The third-order valence-electron chi connectivity index (χ3n) is 2.33. The summed E-state index contributed by atoms with van der Waals surface area (Å²) in [5.41, 5.74) is 1.80. The van der Waals surface area contributed by atoms with Crippen molar-refractivity contribution in [1.82, 2.24) is 0 Å². The highest BCUT2D eigenvalue weighted by molar-refractivity contribution is 5.82. The second-order valence-electron chi connectivity index (χ2n) is 3.55. The predicted molar refractivity (Wildman–Crippen MR) is 68.4 cm³/mol. The number of phenolic OH excluding ortho intramolecular Hbond substituents is 1. The molecule has 2 aromatic rings. The van der Waals surface area contributed by atoms with Crippen molar-refractivity contribution in [3.8, 4) is 11.5 Å². The van der Waals surface area contributed by atoms with Gasteiger partial charge in [0.25, 0.3) is 0 Å². The zero-order valence-corrected chi connectivity index (χ0v) is 9.50. The monoisotopic (exact) mass is 227 g/mol. The fourth-order valence-corrected chi connectivity index (χ4v) is 1.38. The molecular weight excluding hydrogens is 214 g/mol. The van der Waals surface area contributed by atoms with Crippen LogP contribution in [0.1, 0.15) is 5.56 Å². The van der Waals surface area contributed by atoms with Crippen LogP contribution < -0.4 is 4.74 Å². The van der Waals surface area contributed by atoms with E-state index in [2.05, 4.69) is 4.99 Å². The number of hydrogen-bond donors (Lipinski definition) is 1. The Morgan fingerprint density at radius 2 is 1.65 bits per heavy atom. The minimum atomic E-state index is 0.256. The predicted octanol–water partition coefficient (Wildman–Crippen LogP) is 3.15. The van der Waals surface area contributed by atoms with Crippen molar-refractivity contribution in [1.29, 1.82) is 0 Å². The third-order valence-corrected chi connectivity index (χ3v) is 2.33. The van der Waals surface area contributed by atoms with E-state index in [1.807, 2.05) is 36.4 Å². The quantitative estimate of drug-likeness (QED) is 0.818. The maximum absolute atomic E-state index is 9.14. The van der Waals surface area contributed by atoms with E-state index in [0.29, 0.717) is 0 Å². The van der Waals surface area contributed by atoms with Crippen LogP contribution in [0.3, 0.4) is 0 Å². The Morgan fingerprint density at radius 1 is 1.00 bits per heavy atom. The summed E-state index contributed by atoms with van der Waals surface area (Å²) in [5, 5.41) is 9.14. The van der Waals surface area contributed by atoms with Crippen LogP contribution in [0, 0.1) is 0 Å². The summed E-state index contributed by atoms with van der Waals surface area (Å²) in [5.74, 6) is 1.07. The van der Waals surface area contributed by atoms with Crippen LogP contribution in [0.4, 0.5) is 5.69 Å². The average molecular weight is 227 g/mol. The maximum Gasteiger partial charge on any atom is 0.119 e. The number of methoxy groups -OCH3 is 1. The van der Waals surface area contributed by atoms with Crippen molar-refractivity contribution in [2.45, 2.75) is 0 Å². The van der Waals surface area contributed by atoms with Crippen molar-refractivity contribution in [3.05, 3.63) is 54.1 Å². The number of benzene rings is 2. The number of hydrogen-bond acceptors (Lipinski definition) is 3. The first-order valence-electron chi connectivity index (χ1n) is 5.25. The highest BCUT2D eigenvalue weighted by Gasteiger charge is 1.92. The van der Waals surface area contributed by atoms with Crippen LogP contribution >= 0.6 is 0 Å². The van der Waals surface area contributed by atoms with E-state index in [0.717, 1.165) is 17.0 Å². The van der Waals surface area contributed by atoms with Crippen LogP contribution in [0.5, 0.6) is 11.5 Å². The molecule has 0 heterocycles. The minimum absolute atomic E-state index is 0.256. The van der Waals surface area contributed by atoms with E-state index in [1.54, 1.807) is 25.5 Å². The lowest BCUT2D eigenvalue weighted by molar-refractivity contribution is 0.415. The molecule has 0 spiro atoms. The number of aromatic hydroxyl groups is 1. The second kappa shape index (κ2) is 5.16. The van der Waals surface area contributed by atoms with Gasteiger partial charge in [-0.2, -0.15) is 0 Å². The molecule has 0 fully saturated rings. The molecule has 0 aromatic heterocycles. The molecule has 0 saturated carbocycles. The lowest BCUT2D eigenvalue weighted by atomic mass is 10.2. The Bertz CT molecular complexity index is 501. The SMILES string of the molecule is COc1ccc(/N=C/c2ccc(O)cc2)cc1. The number of aliphatic imine (C=N–C) groups is 1. The molecule has 0 aliphatic heterocycles. The van der Waals surface area contributed by atoms with E-state index < -0.39 is 0 Å². The zero-order valence-electron chi connectivity index (χ0n) is 9.50. The second-order valence-corrected chi connectivity index (χ2v) is 3.55. The summed E-state index contributed by atoms with van der Waals surface area (Å²) in [4.78, 5) is 4.32. The molecule has 2 rings (SSSR count). The van der Waals surface area contributed by atoms with Gasteiger partial charge in [0.2, 0.25) is 0 Å². The fraction of sp³-hybridized carbons (Fsp3) is 0.0714. The lowest BCUT2D eigenvalue weighted by Gasteiger charge is -1.99. The molecule has 3 heteroatoms. The van der Waals surface area contributed by atoms with Gasteiger partial charge in [-0.3, -0.25) is 4.99 Å². The number of ether oxygens (including phenoxy) is 1. The van der Waals surface area contributed by atoms with Gasteiger partial charge >= 0.3 is 0 Å². The molecule has 0 amide bonds. The van der Waals surface area contributed by atoms with Crippen molar-refractivity contribution in [2.24, 2.45) is 4.99 Å². The van der Waals surface area contributed by atoms with Crippen LogP contribution in [0.15, 0.2) is 53.5 Å². The molecule has 2 aromatic carbocycles. The third kappa shape index (κ3) is 3.08. The Morgan fingerprint density at radius 3 is 2.24 bits per heavy atom. The molecule has 0 atom stereocenters. The molecule has 0 aliphatic rings. The van der Waals surface area contributed by atoms with Crippen molar-refractivity contribution < 1.29 is 9.84 Å². The van der Waals surface area contributed by atoms with Gasteiger partial charge in [-0.1, -0.05) is 0 Å². The van der Waals surface area contributed by atoms with Gasteiger partial charge < -0.3 is 9.84 Å². The van der Waals surface area contributed by atoms with Crippen molar-refractivity contribution in [3.63, 3.8) is 0 Å². The van der Waals surface area contributed by atoms with Gasteiger partial charge in [0.15, 0.2) is 0 Å².